The van der Waals surface area contributed by atoms with E-state index in [0.717, 1.165) is 72.0 Å². The summed E-state index contributed by atoms with van der Waals surface area (Å²) in [4.78, 5) is 4.10. The van der Waals surface area contributed by atoms with E-state index in [1.807, 2.05) is 30.3 Å². The standard InChI is InChI=1S/C51H31N5/c1-32-29-33(25-28-43(32)56-46-21-9-5-16-39(46)40-18-11-13-34(31-52)51(40)56)36-27-26-35(30-42(36)53-2)54-47-22-10-6-17-41(47)50-48(54)23-12-24-49(50)55-44-19-7-3-14-37(44)38-15-4-8-20-45(38)55/h3-30H,1H3. The van der Waals surface area contributed by atoms with Crippen molar-refractivity contribution in [2.24, 2.45) is 0 Å². The summed E-state index contributed by atoms with van der Waals surface area (Å²) in [5.74, 6) is 0. The summed E-state index contributed by atoms with van der Waals surface area (Å²) in [6, 6.07) is 61.6. The molecule has 0 bridgehead atoms. The van der Waals surface area contributed by atoms with E-state index in [4.69, 9.17) is 6.57 Å². The number of aromatic nitrogens is 3. The van der Waals surface area contributed by atoms with Crippen LogP contribution in [0.15, 0.2) is 170 Å². The number of nitrogens with zero attached hydrogens (tertiary/aromatic N) is 5. The number of hydrogen-bond acceptors (Lipinski definition) is 1. The van der Waals surface area contributed by atoms with Crippen LogP contribution < -0.4 is 0 Å². The molecule has 56 heavy (non-hydrogen) atoms. The van der Waals surface area contributed by atoms with Crippen LogP contribution in [0.5, 0.6) is 0 Å². The Bertz CT molecular complexity index is 3470. The van der Waals surface area contributed by atoms with Crippen molar-refractivity contribution in [2.45, 2.75) is 6.92 Å². The zero-order valence-electron chi connectivity index (χ0n) is 30.4. The van der Waals surface area contributed by atoms with Crippen LogP contribution in [0, 0.1) is 24.8 Å². The molecular weight excluding hydrogens is 683 g/mol. The molecule has 0 spiro atoms. The van der Waals surface area contributed by atoms with Crippen LogP contribution in [0.4, 0.5) is 5.69 Å². The lowest BCUT2D eigenvalue weighted by Gasteiger charge is -2.15. The van der Waals surface area contributed by atoms with Crippen LogP contribution in [0.2, 0.25) is 0 Å². The molecule has 0 unspecified atom stereocenters. The second-order valence-electron chi connectivity index (χ2n) is 14.4. The second kappa shape index (κ2) is 12.1. The summed E-state index contributed by atoms with van der Waals surface area (Å²) >= 11 is 0. The topological polar surface area (TPSA) is 42.9 Å². The summed E-state index contributed by atoms with van der Waals surface area (Å²) in [7, 11) is 0. The maximum absolute atomic E-state index is 10.1. The molecule has 3 heterocycles. The SMILES string of the molecule is [C-]#[N+]c1cc(-n2c3ccccc3c3c(-n4c5ccccc5c5ccccc54)cccc32)ccc1-c1ccc(-n2c3ccccc3c3cccc(C#N)c32)c(C)c1. The first-order valence-electron chi connectivity index (χ1n) is 18.7. The molecule has 0 fully saturated rings. The van der Waals surface area contributed by atoms with Crippen LogP contribution >= 0.6 is 0 Å². The Morgan fingerprint density at radius 1 is 0.500 bits per heavy atom. The number of benzene rings is 8. The zero-order valence-corrected chi connectivity index (χ0v) is 30.4. The molecule has 0 N–H and O–H groups in total. The van der Waals surface area contributed by atoms with Crippen molar-refractivity contribution in [3.05, 3.63) is 192 Å². The molecule has 0 aliphatic rings. The molecule has 260 valence electrons. The van der Waals surface area contributed by atoms with E-state index in [1.54, 1.807) is 0 Å². The first kappa shape index (κ1) is 31.6. The van der Waals surface area contributed by atoms with Crippen LogP contribution in [-0.2, 0) is 0 Å². The minimum atomic E-state index is 0.586. The van der Waals surface area contributed by atoms with Crippen molar-refractivity contribution in [1.82, 2.24) is 13.7 Å². The van der Waals surface area contributed by atoms with E-state index < -0.39 is 0 Å². The molecule has 0 atom stereocenters. The lowest BCUT2D eigenvalue weighted by Crippen LogP contribution is -1.99. The molecule has 0 aliphatic heterocycles. The van der Waals surface area contributed by atoms with E-state index in [-0.39, 0.29) is 0 Å². The van der Waals surface area contributed by atoms with Gasteiger partial charge in [0.05, 0.1) is 50.9 Å². The molecule has 5 heteroatoms. The van der Waals surface area contributed by atoms with Crippen molar-refractivity contribution >= 4 is 71.1 Å². The van der Waals surface area contributed by atoms with Gasteiger partial charge < -0.3 is 13.7 Å². The van der Waals surface area contributed by atoms with Gasteiger partial charge in [0, 0.05) is 43.7 Å². The highest BCUT2D eigenvalue weighted by Gasteiger charge is 2.21. The Balaban J connectivity index is 1.08. The van der Waals surface area contributed by atoms with Gasteiger partial charge >= 0.3 is 0 Å². The first-order valence-corrected chi connectivity index (χ1v) is 18.7. The number of nitriles is 1. The van der Waals surface area contributed by atoms with Gasteiger partial charge in [-0.1, -0.05) is 109 Å². The molecule has 8 aromatic carbocycles. The van der Waals surface area contributed by atoms with Crippen molar-refractivity contribution in [2.75, 3.05) is 0 Å². The fourth-order valence-electron chi connectivity index (χ4n) is 9.08. The van der Waals surface area contributed by atoms with E-state index in [0.29, 0.717) is 11.3 Å². The predicted molar refractivity (Wildman–Crippen MR) is 231 cm³/mol. The molecule has 5 nitrogen and oxygen atoms in total. The smallest absolute Gasteiger partial charge is 0.196 e. The van der Waals surface area contributed by atoms with Gasteiger partial charge in [0.1, 0.15) is 6.07 Å². The molecular formula is C51H31N5. The third-order valence-electron chi connectivity index (χ3n) is 11.4. The lowest BCUT2D eigenvalue weighted by atomic mass is 10.00. The fourth-order valence-corrected chi connectivity index (χ4v) is 9.08. The van der Waals surface area contributed by atoms with Crippen LogP contribution in [0.25, 0.3) is 98.5 Å². The van der Waals surface area contributed by atoms with Gasteiger partial charge in [-0.3, -0.25) is 0 Å². The van der Waals surface area contributed by atoms with Crippen LogP contribution in [0.1, 0.15) is 11.1 Å². The van der Waals surface area contributed by atoms with E-state index in [2.05, 4.69) is 171 Å². The van der Waals surface area contributed by atoms with Gasteiger partial charge in [-0.05, 0) is 84.3 Å². The van der Waals surface area contributed by atoms with E-state index in [9.17, 15) is 5.26 Å². The van der Waals surface area contributed by atoms with Crippen molar-refractivity contribution in [1.29, 1.82) is 5.26 Å². The normalized spacial score (nSPS) is 11.6. The summed E-state index contributed by atoms with van der Waals surface area (Å²) in [5, 5.41) is 17.0. The number of rotatable bonds is 4. The van der Waals surface area contributed by atoms with Crippen molar-refractivity contribution < 1.29 is 0 Å². The van der Waals surface area contributed by atoms with Gasteiger partial charge in [0.25, 0.3) is 0 Å². The third-order valence-corrected chi connectivity index (χ3v) is 11.4. The maximum atomic E-state index is 10.1. The molecule has 0 saturated carbocycles. The largest absolute Gasteiger partial charge is 0.310 e. The van der Waals surface area contributed by atoms with Gasteiger partial charge in [0.2, 0.25) is 0 Å². The number of fused-ring (bicyclic) bond motifs is 9. The first-order chi connectivity index (χ1) is 27.6. The highest BCUT2D eigenvalue weighted by atomic mass is 15.0. The Kier molecular flexibility index (Phi) is 6.83. The highest BCUT2D eigenvalue weighted by Crippen LogP contribution is 2.42. The maximum Gasteiger partial charge on any atom is 0.196 e. The average Bonchev–Trinajstić information content (AvgIpc) is 3.89. The van der Waals surface area contributed by atoms with E-state index in [1.165, 1.54) is 27.2 Å². The highest BCUT2D eigenvalue weighted by molar-refractivity contribution is 6.16. The summed E-state index contributed by atoms with van der Waals surface area (Å²) in [6.07, 6.45) is 0. The third kappa shape index (κ3) is 4.40. The predicted octanol–water partition coefficient (Wildman–Crippen LogP) is 13.4. The number of aryl methyl sites for hydroxylation is 1. The monoisotopic (exact) mass is 713 g/mol. The van der Waals surface area contributed by atoms with E-state index >= 15 is 0 Å². The fraction of sp³-hybridized carbons (Fsp3) is 0.0196. The molecule has 3 aromatic heterocycles. The molecule has 11 aromatic rings. The number of hydrogen-bond donors (Lipinski definition) is 0. The van der Waals surface area contributed by atoms with Gasteiger partial charge in [-0.15, -0.1) is 0 Å². The summed E-state index contributed by atoms with van der Waals surface area (Å²) < 4.78 is 6.89. The van der Waals surface area contributed by atoms with Gasteiger partial charge in [-0.2, -0.15) is 5.26 Å². The number of para-hydroxylation sites is 5. The van der Waals surface area contributed by atoms with Crippen molar-refractivity contribution in [3.8, 4) is 34.3 Å². The minimum Gasteiger partial charge on any atom is -0.310 e. The van der Waals surface area contributed by atoms with Gasteiger partial charge in [-0.25, -0.2) is 4.85 Å². The Morgan fingerprint density at radius 3 is 1.73 bits per heavy atom. The molecule has 0 radical (unpaired) electrons. The summed E-state index contributed by atoms with van der Waals surface area (Å²) in [5.41, 5.74) is 13.7. The average molecular weight is 714 g/mol. The Hall–Kier alpha value is -7.86. The Labute approximate surface area is 322 Å². The lowest BCUT2D eigenvalue weighted by molar-refractivity contribution is 1.15. The molecule has 0 aliphatic carbocycles. The zero-order chi connectivity index (χ0) is 37.5. The second-order valence-corrected chi connectivity index (χ2v) is 14.4. The van der Waals surface area contributed by atoms with Crippen LogP contribution in [0.3, 0.4) is 0 Å². The Morgan fingerprint density at radius 2 is 1.07 bits per heavy atom. The minimum absolute atomic E-state index is 0.586. The van der Waals surface area contributed by atoms with Gasteiger partial charge in [0.15, 0.2) is 5.69 Å². The molecule has 11 rings (SSSR count). The molecule has 0 saturated heterocycles. The van der Waals surface area contributed by atoms with Crippen molar-refractivity contribution in [3.63, 3.8) is 0 Å². The summed E-state index contributed by atoms with van der Waals surface area (Å²) in [6.45, 7) is 10.5. The van der Waals surface area contributed by atoms with Crippen LogP contribution in [-0.4, -0.2) is 13.7 Å². The molecule has 0 amide bonds. The quantitative estimate of drug-likeness (QED) is 0.167.